The number of nitrogens with one attached hydrogen (secondary N) is 1. The molecule has 2 rings (SSSR count). The monoisotopic (exact) mass is 322 g/mol. The maximum absolute atomic E-state index is 12.1. The molecule has 0 spiro atoms. The minimum atomic E-state index is -1.12. The molecule has 2 heterocycles. The van der Waals surface area contributed by atoms with Crippen molar-refractivity contribution >= 4 is 23.2 Å². The zero-order valence-electron chi connectivity index (χ0n) is 12.6. The first-order valence-corrected chi connectivity index (χ1v) is 7.56. The molecular formula is C14H18N4O3S. The minimum absolute atomic E-state index is 0.248. The molecule has 1 amide bonds. The first-order chi connectivity index (χ1) is 10.3. The average molecular weight is 322 g/mol. The summed E-state index contributed by atoms with van der Waals surface area (Å²) in [5, 5.41) is 16.7. The smallest absolute Gasteiger partial charge is 0.316 e. The number of thiazole rings is 1. The highest BCUT2D eigenvalue weighted by atomic mass is 32.1. The zero-order valence-corrected chi connectivity index (χ0v) is 13.4. The quantitative estimate of drug-likeness (QED) is 0.817. The van der Waals surface area contributed by atoms with Gasteiger partial charge in [-0.25, -0.2) is 9.67 Å². The molecular weight excluding hydrogens is 304 g/mol. The summed E-state index contributed by atoms with van der Waals surface area (Å²) < 4.78 is 1.63. The molecule has 0 aromatic carbocycles. The fraction of sp³-hybridized carbons (Fsp3) is 0.429. The van der Waals surface area contributed by atoms with Crippen molar-refractivity contribution in [2.75, 3.05) is 0 Å². The van der Waals surface area contributed by atoms with Gasteiger partial charge >= 0.3 is 5.97 Å². The zero-order chi connectivity index (χ0) is 16.3. The third-order valence-corrected chi connectivity index (χ3v) is 4.04. The number of nitrogens with zero attached hydrogens (tertiary/aromatic N) is 3. The fourth-order valence-electron chi connectivity index (χ4n) is 2.02. The van der Waals surface area contributed by atoms with Gasteiger partial charge in [0, 0.05) is 23.5 Å². The molecule has 1 atom stereocenters. The van der Waals surface area contributed by atoms with Crippen molar-refractivity contribution in [2.45, 2.75) is 27.3 Å². The SMILES string of the molecule is CC(C)(C)C(C(=O)O)C(=O)NCc1cnc(-n2cccn2)s1. The molecule has 8 heteroatoms. The second kappa shape index (κ2) is 6.27. The van der Waals surface area contributed by atoms with Crippen molar-refractivity contribution in [2.24, 2.45) is 11.3 Å². The lowest BCUT2D eigenvalue weighted by molar-refractivity contribution is -0.151. The molecule has 0 fully saturated rings. The third-order valence-electron chi connectivity index (χ3n) is 3.05. The summed E-state index contributed by atoms with van der Waals surface area (Å²) in [6.07, 6.45) is 5.08. The van der Waals surface area contributed by atoms with Crippen molar-refractivity contribution in [3.8, 4) is 5.13 Å². The van der Waals surface area contributed by atoms with Crippen LogP contribution < -0.4 is 5.32 Å². The first-order valence-electron chi connectivity index (χ1n) is 6.74. The number of carbonyl (C=O) groups excluding carboxylic acids is 1. The Kier molecular flexibility index (Phi) is 4.60. The lowest BCUT2D eigenvalue weighted by Crippen LogP contribution is -2.42. The first kappa shape index (κ1) is 16.2. The van der Waals surface area contributed by atoms with E-state index in [1.165, 1.54) is 11.3 Å². The number of carboxylic acids is 1. The molecule has 0 bridgehead atoms. The van der Waals surface area contributed by atoms with Crippen molar-refractivity contribution in [1.82, 2.24) is 20.1 Å². The number of hydrogen-bond acceptors (Lipinski definition) is 5. The van der Waals surface area contributed by atoms with Crippen LogP contribution in [0.1, 0.15) is 25.6 Å². The van der Waals surface area contributed by atoms with Crippen molar-refractivity contribution in [3.05, 3.63) is 29.5 Å². The van der Waals surface area contributed by atoms with E-state index in [9.17, 15) is 14.7 Å². The second-order valence-electron chi connectivity index (χ2n) is 5.91. The number of amides is 1. The standard InChI is InChI=1S/C14H18N4O3S/c1-14(2,3)10(12(20)21)11(19)15-7-9-8-16-13(22-9)18-6-4-5-17-18/h4-6,8,10H,7H2,1-3H3,(H,15,19)(H,20,21). The number of rotatable bonds is 5. The van der Waals surface area contributed by atoms with Crippen LogP contribution in [-0.2, 0) is 16.1 Å². The van der Waals surface area contributed by atoms with E-state index in [0.29, 0.717) is 5.13 Å². The molecule has 22 heavy (non-hydrogen) atoms. The summed E-state index contributed by atoms with van der Waals surface area (Å²) in [6, 6.07) is 1.80. The van der Waals surface area contributed by atoms with Crippen molar-refractivity contribution in [1.29, 1.82) is 0 Å². The Balaban J connectivity index is 2.01. The molecule has 2 aromatic rings. The van der Waals surface area contributed by atoms with Gasteiger partial charge in [0.25, 0.3) is 0 Å². The topological polar surface area (TPSA) is 97.1 Å². The van der Waals surface area contributed by atoms with E-state index in [0.717, 1.165) is 4.88 Å². The van der Waals surface area contributed by atoms with Gasteiger partial charge < -0.3 is 10.4 Å². The Hall–Kier alpha value is -2.22. The third kappa shape index (κ3) is 3.70. The molecule has 118 valence electrons. The van der Waals surface area contributed by atoms with E-state index in [-0.39, 0.29) is 6.54 Å². The van der Waals surface area contributed by atoms with E-state index in [1.807, 2.05) is 0 Å². The molecule has 0 radical (unpaired) electrons. The summed E-state index contributed by atoms with van der Waals surface area (Å²) in [4.78, 5) is 28.4. The average Bonchev–Trinajstić information content (AvgIpc) is 3.05. The van der Waals surface area contributed by atoms with Gasteiger partial charge in [-0.1, -0.05) is 32.1 Å². The van der Waals surface area contributed by atoms with Crippen molar-refractivity contribution < 1.29 is 14.7 Å². The summed E-state index contributed by atoms with van der Waals surface area (Å²) in [6.45, 7) is 5.44. The molecule has 0 aliphatic rings. The highest BCUT2D eigenvalue weighted by Crippen LogP contribution is 2.26. The van der Waals surface area contributed by atoms with Gasteiger partial charge in [-0.05, 0) is 11.5 Å². The van der Waals surface area contributed by atoms with Gasteiger partial charge in [-0.3, -0.25) is 9.59 Å². The highest BCUT2D eigenvalue weighted by molar-refractivity contribution is 7.14. The van der Waals surface area contributed by atoms with Gasteiger partial charge in [0.1, 0.15) is 5.92 Å². The summed E-state index contributed by atoms with van der Waals surface area (Å²) in [5.74, 6) is -2.70. The normalized spacial score (nSPS) is 12.9. The molecule has 0 saturated heterocycles. The molecule has 0 saturated carbocycles. The van der Waals surface area contributed by atoms with E-state index in [1.54, 1.807) is 50.1 Å². The Bertz CT molecular complexity index is 658. The highest BCUT2D eigenvalue weighted by Gasteiger charge is 2.37. The van der Waals surface area contributed by atoms with Gasteiger partial charge in [0.2, 0.25) is 11.0 Å². The summed E-state index contributed by atoms with van der Waals surface area (Å²) >= 11 is 1.39. The maximum atomic E-state index is 12.1. The Morgan fingerprint density at radius 3 is 2.73 bits per heavy atom. The van der Waals surface area contributed by atoms with Crippen LogP contribution >= 0.6 is 11.3 Å². The molecule has 1 unspecified atom stereocenters. The van der Waals surface area contributed by atoms with Crippen LogP contribution in [0.5, 0.6) is 0 Å². The van der Waals surface area contributed by atoms with Gasteiger partial charge in [-0.15, -0.1) is 0 Å². The maximum Gasteiger partial charge on any atom is 0.316 e. The Labute approximate surface area is 132 Å². The fourth-order valence-corrected chi connectivity index (χ4v) is 2.81. The second-order valence-corrected chi connectivity index (χ2v) is 7.01. The summed E-state index contributed by atoms with van der Waals surface area (Å²) in [7, 11) is 0. The lowest BCUT2D eigenvalue weighted by atomic mass is 9.80. The number of carboxylic acid groups (broad SMARTS) is 1. The predicted octanol–water partition coefficient (Wildman–Crippen LogP) is 1.69. The van der Waals surface area contributed by atoms with Crippen LogP contribution in [0, 0.1) is 11.3 Å². The van der Waals surface area contributed by atoms with E-state index in [4.69, 9.17) is 0 Å². The van der Waals surface area contributed by atoms with Crippen LogP contribution in [0.3, 0.4) is 0 Å². The largest absolute Gasteiger partial charge is 0.481 e. The summed E-state index contributed by atoms with van der Waals surface area (Å²) in [5.41, 5.74) is -0.649. The molecule has 7 nitrogen and oxygen atoms in total. The number of aliphatic carboxylic acids is 1. The van der Waals surface area contributed by atoms with Crippen LogP contribution in [0.4, 0.5) is 0 Å². The molecule has 2 N–H and O–H groups in total. The molecule has 0 aliphatic heterocycles. The molecule has 0 aliphatic carbocycles. The minimum Gasteiger partial charge on any atom is -0.481 e. The van der Waals surface area contributed by atoms with Crippen molar-refractivity contribution in [3.63, 3.8) is 0 Å². The van der Waals surface area contributed by atoms with Gasteiger partial charge in [0.15, 0.2) is 0 Å². The van der Waals surface area contributed by atoms with Crippen LogP contribution in [0.2, 0.25) is 0 Å². The molecule has 2 aromatic heterocycles. The Morgan fingerprint density at radius 1 is 1.45 bits per heavy atom. The van der Waals surface area contributed by atoms with Gasteiger partial charge in [-0.2, -0.15) is 5.10 Å². The predicted molar refractivity (Wildman–Crippen MR) is 81.7 cm³/mol. The number of hydrogen-bond donors (Lipinski definition) is 2. The van der Waals surface area contributed by atoms with Crippen LogP contribution in [-0.4, -0.2) is 31.7 Å². The van der Waals surface area contributed by atoms with Crippen LogP contribution in [0.15, 0.2) is 24.7 Å². The Morgan fingerprint density at radius 2 is 2.18 bits per heavy atom. The van der Waals surface area contributed by atoms with Gasteiger partial charge in [0.05, 0.1) is 6.54 Å². The number of aromatic nitrogens is 3. The van der Waals surface area contributed by atoms with E-state index < -0.39 is 23.2 Å². The lowest BCUT2D eigenvalue weighted by Gasteiger charge is -2.25. The van der Waals surface area contributed by atoms with E-state index >= 15 is 0 Å². The van der Waals surface area contributed by atoms with Crippen LogP contribution in [0.25, 0.3) is 5.13 Å². The number of carbonyl (C=O) groups is 2. The van der Waals surface area contributed by atoms with E-state index in [2.05, 4.69) is 15.4 Å².